The number of halogens is 1. The molecule has 0 saturated heterocycles. The Bertz CT molecular complexity index is 532. The van der Waals surface area contributed by atoms with E-state index >= 15 is 0 Å². The quantitative estimate of drug-likeness (QED) is 0.843. The molecule has 1 fully saturated rings. The van der Waals surface area contributed by atoms with Crippen LogP contribution in [0.4, 0.5) is 0 Å². The third-order valence-corrected chi connectivity index (χ3v) is 4.13. The first-order valence-corrected chi connectivity index (χ1v) is 7.76. The van der Waals surface area contributed by atoms with E-state index in [0.29, 0.717) is 10.7 Å². The van der Waals surface area contributed by atoms with Crippen molar-refractivity contribution in [3.63, 3.8) is 0 Å². The second kappa shape index (κ2) is 5.93. The van der Waals surface area contributed by atoms with Crippen molar-refractivity contribution in [3.8, 4) is 0 Å². The van der Waals surface area contributed by atoms with E-state index in [2.05, 4.69) is 10.3 Å². The third kappa shape index (κ3) is 4.17. The van der Waals surface area contributed by atoms with Crippen LogP contribution in [0, 0.1) is 0 Å². The zero-order valence-corrected chi connectivity index (χ0v) is 13.6. The molecular weight excluding hydrogens is 288 g/mol. The fraction of sp³-hybridized carbons (Fsp3) is 0.625. The Morgan fingerprint density at radius 1 is 1.38 bits per heavy atom. The maximum atomic E-state index is 12.3. The van der Waals surface area contributed by atoms with E-state index in [1.807, 2.05) is 20.8 Å². The van der Waals surface area contributed by atoms with Crippen LogP contribution >= 0.6 is 11.6 Å². The van der Waals surface area contributed by atoms with Gasteiger partial charge in [0.1, 0.15) is 5.15 Å². The van der Waals surface area contributed by atoms with Gasteiger partial charge in [-0.05, 0) is 25.0 Å². The van der Waals surface area contributed by atoms with Crippen molar-refractivity contribution in [2.24, 2.45) is 0 Å². The Balaban J connectivity index is 2.10. The van der Waals surface area contributed by atoms with Crippen molar-refractivity contribution in [2.45, 2.75) is 57.5 Å². The summed E-state index contributed by atoms with van der Waals surface area (Å²) in [4.78, 5) is 16.5. The lowest BCUT2D eigenvalue weighted by molar-refractivity contribution is 0.0449. The van der Waals surface area contributed by atoms with Crippen molar-refractivity contribution < 1.29 is 9.90 Å². The second-order valence-electron chi connectivity index (χ2n) is 6.93. The van der Waals surface area contributed by atoms with Crippen LogP contribution in [0.15, 0.2) is 12.1 Å². The Kier molecular flexibility index (Phi) is 4.59. The van der Waals surface area contributed by atoms with E-state index in [1.165, 1.54) is 0 Å². The summed E-state index contributed by atoms with van der Waals surface area (Å²) in [5, 5.41) is 13.4. The molecular formula is C16H23ClN2O2. The van der Waals surface area contributed by atoms with Crippen LogP contribution < -0.4 is 5.32 Å². The molecule has 116 valence electrons. The number of nitrogens with zero attached hydrogens (tertiary/aromatic N) is 1. The van der Waals surface area contributed by atoms with E-state index in [9.17, 15) is 9.90 Å². The smallest absolute Gasteiger partial charge is 0.251 e. The minimum absolute atomic E-state index is 0.177. The summed E-state index contributed by atoms with van der Waals surface area (Å²) in [6.45, 7) is 6.36. The normalized spacial score (nSPS) is 17.8. The Morgan fingerprint density at radius 2 is 2.00 bits per heavy atom. The monoisotopic (exact) mass is 310 g/mol. The summed E-state index contributed by atoms with van der Waals surface area (Å²) in [5.74, 6) is -0.217. The molecule has 21 heavy (non-hydrogen) atoms. The molecule has 2 rings (SSSR count). The van der Waals surface area contributed by atoms with Gasteiger partial charge in [0, 0.05) is 23.2 Å². The largest absolute Gasteiger partial charge is 0.388 e. The van der Waals surface area contributed by atoms with Crippen LogP contribution in [0.1, 0.15) is 62.5 Å². The summed E-state index contributed by atoms with van der Waals surface area (Å²) in [6, 6.07) is 3.32. The minimum Gasteiger partial charge on any atom is -0.388 e. The second-order valence-corrected chi connectivity index (χ2v) is 7.32. The van der Waals surface area contributed by atoms with Crippen LogP contribution in [0.25, 0.3) is 0 Å². The van der Waals surface area contributed by atoms with Crippen molar-refractivity contribution in [3.05, 3.63) is 28.5 Å². The van der Waals surface area contributed by atoms with Gasteiger partial charge in [-0.15, -0.1) is 0 Å². The fourth-order valence-electron chi connectivity index (χ4n) is 2.57. The Hall–Kier alpha value is -1.13. The number of rotatable bonds is 3. The number of hydrogen-bond donors (Lipinski definition) is 2. The van der Waals surface area contributed by atoms with E-state index in [-0.39, 0.29) is 17.9 Å². The van der Waals surface area contributed by atoms with E-state index in [1.54, 1.807) is 12.1 Å². The fourth-order valence-corrected chi connectivity index (χ4v) is 2.78. The summed E-state index contributed by atoms with van der Waals surface area (Å²) in [7, 11) is 0. The molecule has 1 aliphatic carbocycles. The number of amides is 1. The lowest BCUT2D eigenvalue weighted by Crippen LogP contribution is -2.40. The lowest BCUT2D eigenvalue weighted by atomic mass is 9.91. The molecule has 4 nitrogen and oxygen atoms in total. The molecule has 1 aromatic heterocycles. The number of nitrogens with one attached hydrogen (secondary N) is 1. The maximum Gasteiger partial charge on any atom is 0.251 e. The molecule has 0 aliphatic heterocycles. The van der Waals surface area contributed by atoms with Crippen LogP contribution in [0.3, 0.4) is 0 Å². The summed E-state index contributed by atoms with van der Waals surface area (Å²) >= 11 is 6.01. The molecule has 1 aromatic rings. The highest BCUT2D eigenvalue weighted by atomic mass is 35.5. The van der Waals surface area contributed by atoms with Gasteiger partial charge in [-0.2, -0.15) is 0 Å². The zero-order chi connectivity index (χ0) is 15.7. The van der Waals surface area contributed by atoms with Gasteiger partial charge in [0.2, 0.25) is 0 Å². The third-order valence-electron chi connectivity index (χ3n) is 3.94. The minimum atomic E-state index is -0.751. The molecule has 5 heteroatoms. The molecule has 1 heterocycles. The van der Waals surface area contributed by atoms with Crippen molar-refractivity contribution in [1.82, 2.24) is 10.3 Å². The molecule has 0 unspecified atom stereocenters. The first-order chi connectivity index (χ1) is 9.70. The molecule has 0 aromatic carbocycles. The summed E-state index contributed by atoms with van der Waals surface area (Å²) < 4.78 is 0. The van der Waals surface area contributed by atoms with Crippen molar-refractivity contribution in [1.29, 1.82) is 0 Å². The van der Waals surface area contributed by atoms with E-state index in [4.69, 9.17) is 11.6 Å². The van der Waals surface area contributed by atoms with Gasteiger partial charge in [0.25, 0.3) is 5.91 Å². The Morgan fingerprint density at radius 3 is 2.57 bits per heavy atom. The zero-order valence-electron chi connectivity index (χ0n) is 12.9. The number of carbonyl (C=O) groups is 1. The van der Waals surface area contributed by atoms with Crippen molar-refractivity contribution >= 4 is 17.5 Å². The molecule has 0 bridgehead atoms. The molecule has 0 spiro atoms. The van der Waals surface area contributed by atoms with Crippen LogP contribution in [0.2, 0.25) is 5.15 Å². The highest BCUT2D eigenvalue weighted by Gasteiger charge is 2.31. The molecule has 1 aliphatic rings. The van der Waals surface area contributed by atoms with Gasteiger partial charge in [0.15, 0.2) is 0 Å². The Labute approximate surface area is 130 Å². The molecule has 1 amide bonds. The number of aromatic nitrogens is 1. The number of pyridine rings is 1. The van der Waals surface area contributed by atoms with Crippen LogP contribution in [0.5, 0.6) is 0 Å². The van der Waals surface area contributed by atoms with Gasteiger partial charge < -0.3 is 10.4 Å². The summed E-state index contributed by atoms with van der Waals surface area (Å²) in [6.07, 6.45) is 3.53. The molecule has 2 N–H and O–H groups in total. The average Bonchev–Trinajstić information content (AvgIpc) is 2.82. The first kappa shape index (κ1) is 16.2. The number of hydrogen-bond acceptors (Lipinski definition) is 3. The number of carbonyl (C=O) groups excluding carboxylic acids is 1. The predicted octanol–water partition coefficient (Wildman–Crippen LogP) is 3.07. The van der Waals surface area contributed by atoms with Gasteiger partial charge >= 0.3 is 0 Å². The molecule has 0 radical (unpaired) electrons. The highest BCUT2D eigenvalue weighted by Crippen LogP contribution is 2.29. The predicted molar refractivity (Wildman–Crippen MR) is 83.7 cm³/mol. The van der Waals surface area contributed by atoms with Crippen LogP contribution in [-0.2, 0) is 5.41 Å². The van der Waals surface area contributed by atoms with Gasteiger partial charge in [-0.25, -0.2) is 4.98 Å². The molecule has 1 saturated carbocycles. The first-order valence-electron chi connectivity index (χ1n) is 7.38. The highest BCUT2D eigenvalue weighted by molar-refractivity contribution is 6.29. The number of aliphatic hydroxyl groups is 1. The van der Waals surface area contributed by atoms with Gasteiger partial charge in [0.05, 0.1) is 5.60 Å². The topological polar surface area (TPSA) is 62.2 Å². The van der Waals surface area contributed by atoms with Crippen LogP contribution in [-0.4, -0.2) is 28.1 Å². The van der Waals surface area contributed by atoms with Gasteiger partial charge in [-0.1, -0.05) is 45.2 Å². The SMILES string of the molecule is CC(C)(C)c1cc(C(=O)NCC2(O)CCCC2)cc(Cl)n1. The average molecular weight is 311 g/mol. The lowest BCUT2D eigenvalue weighted by Gasteiger charge is -2.23. The van der Waals surface area contributed by atoms with Gasteiger partial charge in [-0.3, -0.25) is 4.79 Å². The van der Waals surface area contributed by atoms with Crippen molar-refractivity contribution in [2.75, 3.05) is 6.54 Å². The van der Waals surface area contributed by atoms with E-state index in [0.717, 1.165) is 31.4 Å². The maximum absolute atomic E-state index is 12.3. The molecule has 0 atom stereocenters. The van der Waals surface area contributed by atoms with E-state index < -0.39 is 5.60 Å². The summed E-state index contributed by atoms with van der Waals surface area (Å²) in [5.41, 5.74) is 0.337. The standard InChI is InChI=1S/C16H23ClN2O2/c1-15(2,3)12-8-11(9-13(17)19-12)14(20)18-10-16(21)6-4-5-7-16/h8-9,21H,4-7,10H2,1-3H3,(H,18,20).